The summed E-state index contributed by atoms with van der Waals surface area (Å²) in [4.78, 5) is 0. The van der Waals surface area contributed by atoms with Gasteiger partial charge in [0.2, 0.25) is 0 Å². The van der Waals surface area contributed by atoms with E-state index in [0.29, 0.717) is 11.2 Å². The molecular weight excluding hydrogens is 398 g/mol. The molecule has 1 N–H and O–H groups in total. The summed E-state index contributed by atoms with van der Waals surface area (Å²) in [6.45, 7) is 1.38. The van der Waals surface area contributed by atoms with Gasteiger partial charge in [0.05, 0.1) is 29.4 Å². The second-order valence-corrected chi connectivity index (χ2v) is 6.17. The maximum atomic E-state index is 5.52. The first-order valence-electron chi connectivity index (χ1n) is 6.44. The molecule has 0 radical (unpaired) electrons. The van der Waals surface area contributed by atoms with Crippen LogP contribution in [0.4, 0.5) is 5.69 Å². The number of aromatic nitrogens is 2. The van der Waals surface area contributed by atoms with Crippen LogP contribution in [0.5, 0.6) is 0 Å². The fraction of sp³-hybridized carbons (Fsp3) is 0.133. The molecule has 3 aromatic rings. The van der Waals surface area contributed by atoms with Crippen molar-refractivity contribution in [3.8, 4) is 0 Å². The first-order chi connectivity index (χ1) is 10.2. The summed E-state index contributed by atoms with van der Waals surface area (Å²) < 4.78 is 9.05. The van der Waals surface area contributed by atoms with Crippen molar-refractivity contribution in [1.82, 2.24) is 9.78 Å². The molecule has 0 fully saturated rings. The average molecular weight is 411 g/mol. The monoisotopic (exact) mass is 409 g/mol. The Hall–Kier alpha value is -1.53. The molecule has 0 spiro atoms. The highest BCUT2D eigenvalue weighted by molar-refractivity contribution is 9.13. The van der Waals surface area contributed by atoms with E-state index in [2.05, 4.69) is 54.4 Å². The highest BCUT2D eigenvalue weighted by atomic mass is 79.9. The molecule has 2 heterocycles. The van der Waals surface area contributed by atoms with E-state index in [9.17, 15) is 0 Å². The predicted octanol–water partition coefficient (Wildman–Crippen LogP) is 4.66. The molecule has 0 unspecified atom stereocenters. The van der Waals surface area contributed by atoms with Gasteiger partial charge in [-0.3, -0.25) is 4.68 Å². The average Bonchev–Trinajstić information content (AvgIpc) is 3.05. The van der Waals surface area contributed by atoms with Crippen molar-refractivity contribution in [2.45, 2.75) is 13.1 Å². The number of halogens is 2. The molecule has 4 nitrogen and oxygen atoms in total. The highest BCUT2D eigenvalue weighted by Gasteiger charge is 2.06. The van der Waals surface area contributed by atoms with E-state index in [1.165, 1.54) is 5.56 Å². The van der Waals surface area contributed by atoms with Crippen LogP contribution in [-0.4, -0.2) is 9.78 Å². The Labute approximate surface area is 139 Å². The first-order valence-corrected chi connectivity index (χ1v) is 8.03. The summed E-state index contributed by atoms with van der Waals surface area (Å²) in [6, 6.07) is 12.2. The molecule has 0 amide bonds. The lowest BCUT2D eigenvalue weighted by Crippen LogP contribution is -2.00. The number of furan rings is 1. The number of nitrogens with zero attached hydrogens (tertiary/aromatic N) is 2. The number of nitrogens with one attached hydrogen (secondary N) is 1. The number of hydrogen-bond donors (Lipinski definition) is 1. The minimum absolute atomic E-state index is 0.612. The molecule has 0 aliphatic rings. The molecule has 0 aliphatic heterocycles. The summed E-state index contributed by atoms with van der Waals surface area (Å²) in [5.74, 6) is 0.851. The Morgan fingerprint density at radius 1 is 1.19 bits per heavy atom. The quantitative estimate of drug-likeness (QED) is 0.664. The Balaban J connectivity index is 1.60. The second-order valence-electron chi connectivity index (χ2n) is 4.60. The van der Waals surface area contributed by atoms with Crippen molar-refractivity contribution < 1.29 is 4.42 Å². The third-order valence-electron chi connectivity index (χ3n) is 2.98. The van der Waals surface area contributed by atoms with Crippen LogP contribution in [0, 0.1) is 0 Å². The van der Waals surface area contributed by atoms with Gasteiger partial charge in [-0.1, -0.05) is 30.3 Å². The Bertz CT molecular complexity index is 702. The zero-order valence-corrected chi connectivity index (χ0v) is 14.3. The van der Waals surface area contributed by atoms with Crippen molar-refractivity contribution >= 4 is 37.5 Å². The van der Waals surface area contributed by atoms with Gasteiger partial charge in [-0.05, 0) is 43.5 Å². The Kier molecular flexibility index (Phi) is 4.45. The van der Waals surface area contributed by atoms with Gasteiger partial charge in [0.1, 0.15) is 5.76 Å². The Morgan fingerprint density at radius 2 is 2.00 bits per heavy atom. The van der Waals surface area contributed by atoms with Gasteiger partial charge in [-0.15, -0.1) is 0 Å². The fourth-order valence-corrected chi connectivity index (χ4v) is 2.64. The number of hydrogen-bond acceptors (Lipinski definition) is 3. The van der Waals surface area contributed by atoms with Crippen LogP contribution < -0.4 is 5.32 Å². The molecule has 0 bridgehead atoms. The van der Waals surface area contributed by atoms with Crippen molar-refractivity contribution in [3.63, 3.8) is 0 Å². The summed E-state index contributed by atoms with van der Waals surface area (Å²) in [7, 11) is 0. The van der Waals surface area contributed by atoms with E-state index in [-0.39, 0.29) is 0 Å². The molecule has 6 heteroatoms. The number of rotatable bonds is 5. The third kappa shape index (κ3) is 3.77. The molecule has 21 heavy (non-hydrogen) atoms. The van der Waals surface area contributed by atoms with Crippen LogP contribution in [0.3, 0.4) is 0 Å². The first kappa shape index (κ1) is 14.4. The standard InChI is InChI=1S/C15H13Br2N3O/c16-14-6-13(21-15(14)17)8-18-12-7-19-20(10-12)9-11-4-2-1-3-5-11/h1-7,10,18H,8-9H2. The maximum absolute atomic E-state index is 5.52. The summed E-state index contributed by atoms with van der Waals surface area (Å²) in [5, 5.41) is 7.64. The topological polar surface area (TPSA) is 43.0 Å². The molecule has 1 aromatic carbocycles. The van der Waals surface area contributed by atoms with Gasteiger partial charge in [-0.25, -0.2) is 0 Å². The predicted molar refractivity (Wildman–Crippen MR) is 89.2 cm³/mol. The van der Waals surface area contributed by atoms with Gasteiger partial charge in [0, 0.05) is 6.20 Å². The summed E-state index contributed by atoms with van der Waals surface area (Å²) in [6.07, 6.45) is 3.80. The normalized spacial score (nSPS) is 10.8. The fourth-order valence-electron chi connectivity index (χ4n) is 1.98. The van der Waals surface area contributed by atoms with Crippen molar-refractivity contribution in [1.29, 1.82) is 0 Å². The van der Waals surface area contributed by atoms with Crippen molar-refractivity contribution in [2.24, 2.45) is 0 Å². The van der Waals surface area contributed by atoms with Gasteiger partial charge < -0.3 is 9.73 Å². The molecule has 0 saturated heterocycles. The highest BCUT2D eigenvalue weighted by Crippen LogP contribution is 2.27. The van der Waals surface area contributed by atoms with E-state index < -0.39 is 0 Å². The zero-order valence-electron chi connectivity index (χ0n) is 11.1. The lowest BCUT2D eigenvalue weighted by molar-refractivity contribution is 0.494. The van der Waals surface area contributed by atoms with E-state index in [0.717, 1.165) is 22.5 Å². The van der Waals surface area contributed by atoms with Gasteiger partial charge in [0.25, 0.3) is 0 Å². The molecule has 0 atom stereocenters. The smallest absolute Gasteiger partial charge is 0.183 e. The van der Waals surface area contributed by atoms with Crippen molar-refractivity contribution in [2.75, 3.05) is 5.32 Å². The van der Waals surface area contributed by atoms with Gasteiger partial charge in [-0.2, -0.15) is 5.10 Å². The van der Waals surface area contributed by atoms with E-state index in [1.807, 2.05) is 41.3 Å². The molecule has 108 valence electrons. The maximum Gasteiger partial charge on any atom is 0.183 e. The van der Waals surface area contributed by atoms with Crippen LogP contribution in [-0.2, 0) is 13.1 Å². The van der Waals surface area contributed by atoms with E-state index >= 15 is 0 Å². The van der Waals surface area contributed by atoms with Crippen LogP contribution in [0.2, 0.25) is 0 Å². The summed E-state index contributed by atoms with van der Waals surface area (Å²) in [5.41, 5.74) is 2.20. The molecule has 3 rings (SSSR count). The zero-order chi connectivity index (χ0) is 14.7. The molecule has 2 aromatic heterocycles. The molecular formula is C15H13Br2N3O. The third-order valence-corrected chi connectivity index (χ3v) is 4.69. The Morgan fingerprint density at radius 3 is 2.71 bits per heavy atom. The van der Waals surface area contributed by atoms with E-state index in [1.54, 1.807) is 0 Å². The lowest BCUT2D eigenvalue weighted by Gasteiger charge is -2.01. The molecule has 0 saturated carbocycles. The second kappa shape index (κ2) is 6.49. The van der Waals surface area contributed by atoms with Crippen LogP contribution >= 0.6 is 31.9 Å². The van der Waals surface area contributed by atoms with Crippen LogP contribution in [0.15, 0.2) is 62.4 Å². The van der Waals surface area contributed by atoms with Gasteiger partial charge in [0.15, 0.2) is 4.67 Å². The number of benzene rings is 1. The van der Waals surface area contributed by atoms with Crippen molar-refractivity contribution in [3.05, 3.63) is 69.3 Å². The van der Waals surface area contributed by atoms with Gasteiger partial charge >= 0.3 is 0 Å². The number of anilines is 1. The largest absolute Gasteiger partial charge is 0.451 e. The summed E-state index contributed by atoms with van der Waals surface area (Å²) >= 11 is 6.72. The lowest BCUT2D eigenvalue weighted by atomic mass is 10.2. The molecule has 0 aliphatic carbocycles. The van der Waals surface area contributed by atoms with Crippen LogP contribution in [0.25, 0.3) is 0 Å². The van der Waals surface area contributed by atoms with Crippen LogP contribution in [0.1, 0.15) is 11.3 Å². The minimum atomic E-state index is 0.612. The van der Waals surface area contributed by atoms with E-state index in [4.69, 9.17) is 4.42 Å². The SMILES string of the molecule is Brc1cc(CNc2cnn(Cc3ccccc3)c2)oc1Br. The minimum Gasteiger partial charge on any atom is -0.451 e.